The van der Waals surface area contributed by atoms with E-state index in [0.717, 1.165) is 34.1 Å². The van der Waals surface area contributed by atoms with Gasteiger partial charge in [-0.2, -0.15) is 4.31 Å². The van der Waals surface area contributed by atoms with Crippen LogP contribution < -0.4 is 5.32 Å². The van der Waals surface area contributed by atoms with Crippen LogP contribution in [0.25, 0.3) is 0 Å². The van der Waals surface area contributed by atoms with Crippen LogP contribution in [0.4, 0.5) is 15.8 Å². The molecule has 0 unspecified atom stereocenters. The zero-order valence-electron chi connectivity index (χ0n) is 21.0. The van der Waals surface area contributed by atoms with E-state index in [1.54, 1.807) is 23.4 Å². The Kier molecular flexibility index (Phi) is 7.89. The highest BCUT2D eigenvalue weighted by molar-refractivity contribution is 7.91. The molecule has 2 aromatic carbocycles. The van der Waals surface area contributed by atoms with E-state index in [1.807, 2.05) is 19.1 Å². The first-order valence-electron chi connectivity index (χ1n) is 11.9. The van der Waals surface area contributed by atoms with E-state index in [2.05, 4.69) is 29.0 Å². The highest BCUT2D eigenvalue weighted by Gasteiger charge is 2.36. The third-order valence-electron chi connectivity index (χ3n) is 6.32. The van der Waals surface area contributed by atoms with Crippen LogP contribution in [0, 0.1) is 31.0 Å². The van der Waals surface area contributed by atoms with Crippen LogP contribution in [-0.2, 0) is 10.0 Å². The summed E-state index contributed by atoms with van der Waals surface area (Å²) in [6, 6.07) is 9.89. The fraction of sp³-hybridized carbons (Fsp3) is 0.385. The van der Waals surface area contributed by atoms with Gasteiger partial charge in [0.15, 0.2) is 4.21 Å². The second-order valence-electron chi connectivity index (χ2n) is 9.54. The maximum Gasteiger partial charge on any atom is 0.254 e. The van der Waals surface area contributed by atoms with Gasteiger partial charge in [-0.3, -0.25) is 4.90 Å². The molecule has 2 heterocycles. The normalized spacial score (nSPS) is 17.4. The molecule has 1 aromatic heterocycles. The number of aromatic nitrogens is 1. The number of anilines is 2. The fourth-order valence-corrected chi connectivity index (χ4v) is 7.30. The quantitative estimate of drug-likeness (QED) is 0.384. The molecule has 1 saturated heterocycles. The number of aryl methyl sites for hydroxylation is 2. The van der Waals surface area contributed by atoms with Crippen LogP contribution in [0.15, 0.2) is 46.8 Å². The number of halogens is 1. The first kappa shape index (κ1) is 26.4. The van der Waals surface area contributed by atoms with Crippen molar-refractivity contribution in [3.8, 4) is 0 Å². The van der Waals surface area contributed by atoms with Crippen molar-refractivity contribution in [1.29, 1.82) is 5.41 Å². The van der Waals surface area contributed by atoms with E-state index in [1.165, 1.54) is 35.9 Å². The molecule has 0 saturated carbocycles. The number of hydrogen-bond donors (Lipinski definition) is 2. The molecule has 7 nitrogen and oxygen atoms in total. The summed E-state index contributed by atoms with van der Waals surface area (Å²) in [7, 11) is -3.64. The van der Waals surface area contributed by atoms with E-state index in [9.17, 15) is 12.8 Å². The van der Waals surface area contributed by atoms with Crippen molar-refractivity contribution in [1.82, 2.24) is 14.2 Å². The van der Waals surface area contributed by atoms with Crippen molar-refractivity contribution in [3.63, 3.8) is 0 Å². The van der Waals surface area contributed by atoms with Gasteiger partial charge in [0.2, 0.25) is 0 Å². The van der Waals surface area contributed by atoms with Crippen LogP contribution >= 0.6 is 11.3 Å². The molecule has 1 atom stereocenters. The molecular weight excluding hydrogens is 497 g/mol. The van der Waals surface area contributed by atoms with Crippen molar-refractivity contribution in [3.05, 3.63) is 70.1 Å². The van der Waals surface area contributed by atoms with Crippen LogP contribution in [0.1, 0.15) is 41.6 Å². The number of thiazole rings is 1. The van der Waals surface area contributed by atoms with Crippen molar-refractivity contribution < 1.29 is 12.8 Å². The van der Waals surface area contributed by atoms with E-state index >= 15 is 0 Å². The predicted molar refractivity (Wildman–Crippen MR) is 144 cm³/mol. The largest absolute Gasteiger partial charge is 0.355 e. The minimum absolute atomic E-state index is 0.150. The van der Waals surface area contributed by atoms with E-state index in [-0.39, 0.29) is 16.1 Å². The molecule has 10 heteroatoms. The minimum atomic E-state index is -3.64. The molecule has 3 aromatic rings. The lowest BCUT2D eigenvalue weighted by molar-refractivity contribution is 0.105. The lowest BCUT2D eigenvalue weighted by Gasteiger charge is -2.42. The summed E-state index contributed by atoms with van der Waals surface area (Å²) in [5, 5.41) is 12.0. The summed E-state index contributed by atoms with van der Waals surface area (Å²) in [6.45, 7) is 10.3. The molecule has 36 heavy (non-hydrogen) atoms. The van der Waals surface area contributed by atoms with Gasteiger partial charge in [0.05, 0.1) is 11.2 Å². The average molecular weight is 530 g/mol. The topological polar surface area (TPSA) is 89.4 Å². The van der Waals surface area contributed by atoms with Crippen molar-refractivity contribution in [2.45, 2.75) is 37.9 Å². The van der Waals surface area contributed by atoms with Gasteiger partial charge in [0, 0.05) is 55.4 Å². The van der Waals surface area contributed by atoms with Crippen LogP contribution in [0.3, 0.4) is 0 Å². The highest BCUT2D eigenvalue weighted by atomic mass is 32.2. The molecule has 1 fully saturated rings. The average Bonchev–Trinajstić information content (AvgIpc) is 3.28. The summed E-state index contributed by atoms with van der Waals surface area (Å²) in [6.07, 6.45) is 2.73. The second kappa shape index (κ2) is 10.8. The first-order valence-corrected chi connectivity index (χ1v) is 14.2. The lowest BCUT2D eigenvalue weighted by Crippen LogP contribution is -2.51. The number of rotatable bonds is 8. The van der Waals surface area contributed by atoms with Gasteiger partial charge in [0.25, 0.3) is 10.0 Å². The molecule has 0 spiro atoms. The Morgan fingerprint density at radius 3 is 2.56 bits per heavy atom. The summed E-state index contributed by atoms with van der Waals surface area (Å²) in [5.74, 6) is 0.108. The SMILES string of the molecule is Cc1ncc(S(=O)(=O)N2CCN(CC(C)C)[C@@H](c3cc(C=N)c(Nc4ccc(F)cc4)cc3C)C2)s1. The zero-order chi connectivity index (χ0) is 26.0. The van der Waals surface area contributed by atoms with Crippen LogP contribution in [0.2, 0.25) is 0 Å². The Balaban J connectivity index is 1.69. The fourth-order valence-electron chi connectivity index (χ4n) is 4.60. The van der Waals surface area contributed by atoms with Gasteiger partial charge in [0.1, 0.15) is 5.82 Å². The van der Waals surface area contributed by atoms with Crippen LogP contribution in [0.5, 0.6) is 0 Å². The smallest absolute Gasteiger partial charge is 0.254 e. The molecule has 0 radical (unpaired) electrons. The van der Waals surface area contributed by atoms with E-state index in [4.69, 9.17) is 5.41 Å². The van der Waals surface area contributed by atoms with E-state index < -0.39 is 10.0 Å². The summed E-state index contributed by atoms with van der Waals surface area (Å²) in [4.78, 5) is 6.49. The van der Waals surface area contributed by atoms with E-state index in [0.29, 0.717) is 31.1 Å². The number of nitrogens with zero attached hydrogens (tertiary/aromatic N) is 3. The van der Waals surface area contributed by atoms with Crippen molar-refractivity contribution in [2.24, 2.45) is 5.92 Å². The zero-order valence-corrected chi connectivity index (χ0v) is 22.6. The highest BCUT2D eigenvalue weighted by Crippen LogP contribution is 2.35. The van der Waals surface area contributed by atoms with Crippen molar-refractivity contribution in [2.75, 3.05) is 31.5 Å². The Morgan fingerprint density at radius 1 is 1.22 bits per heavy atom. The van der Waals surface area contributed by atoms with Gasteiger partial charge in [-0.1, -0.05) is 13.8 Å². The minimum Gasteiger partial charge on any atom is -0.355 e. The van der Waals surface area contributed by atoms with Gasteiger partial charge in [-0.15, -0.1) is 11.3 Å². The maximum atomic E-state index is 13.4. The number of piperazine rings is 1. The third-order valence-corrected chi connectivity index (χ3v) is 9.54. The van der Waals surface area contributed by atoms with Gasteiger partial charge in [-0.05, 0) is 67.3 Å². The van der Waals surface area contributed by atoms with Gasteiger partial charge in [-0.25, -0.2) is 17.8 Å². The lowest BCUT2D eigenvalue weighted by atomic mass is 9.94. The Bertz CT molecular complexity index is 1340. The third kappa shape index (κ3) is 5.67. The monoisotopic (exact) mass is 529 g/mol. The second-order valence-corrected chi connectivity index (χ2v) is 12.9. The van der Waals surface area contributed by atoms with Gasteiger partial charge < -0.3 is 10.7 Å². The summed E-state index contributed by atoms with van der Waals surface area (Å²) < 4.78 is 42.0. The predicted octanol–water partition coefficient (Wildman–Crippen LogP) is 5.34. The number of nitrogens with one attached hydrogen (secondary N) is 2. The Hall–Kier alpha value is -2.66. The number of hydrogen-bond acceptors (Lipinski definition) is 7. The Morgan fingerprint density at radius 2 is 1.94 bits per heavy atom. The van der Waals surface area contributed by atoms with Gasteiger partial charge >= 0.3 is 0 Å². The molecule has 1 aliphatic heterocycles. The standard InChI is InChI=1S/C26H32FN5O2S2/c1-17(2)15-31-9-10-32(36(33,34)26-14-29-19(4)35-26)16-25(31)23-12-20(13-28)24(11-18(23)3)30-22-7-5-21(27)6-8-22/h5-8,11-14,17,25,28,30H,9-10,15-16H2,1-4H3/t25-/m1/s1. The molecule has 0 bridgehead atoms. The molecular formula is C26H32FN5O2S2. The number of sulfonamides is 1. The Labute approximate surface area is 216 Å². The summed E-state index contributed by atoms with van der Waals surface area (Å²) in [5.41, 5.74) is 4.15. The first-order chi connectivity index (χ1) is 17.1. The molecule has 2 N–H and O–H groups in total. The molecule has 0 amide bonds. The molecule has 1 aliphatic rings. The van der Waals surface area contributed by atoms with Crippen LogP contribution in [-0.4, -0.2) is 55.0 Å². The molecule has 0 aliphatic carbocycles. The molecule has 192 valence electrons. The number of benzene rings is 2. The van der Waals surface area contributed by atoms with Crippen molar-refractivity contribution >= 4 is 38.9 Å². The summed E-state index contributed by atoms with van der Waals surface area (Å²) >= 11 is 1.19. The maximum absolute atomic E-state index is 13.4. The molecule has 4 rings (SSSR count).